The monoisotopic (exact) mass is 548 g/mol. The zero-order valence-corrected chi connectivity index (χ0v) is 23.2. The van der Waals surface area contributed by atoms with Crippen molar-refractivity contribution < 1.29 is 14.9 Å². The third kappa shape index (κ3) is 4.39. The van der Waals surface area contributed by atoms with Crippen molar-refractivity contribution in [3.63, 3.8) is 0 Å². The number of nitrogens with two attached hydrogens (primary N) is 1. The SMILES string of the molecule is CN(C[C@H]1O[C@@H](n2cnc3c(N)ncnc32)[C@H](O)[C@@H]1O)C1CC(CCC2Nc3ccc(C4(C)CCC4)cc3N2)C1. The summed E-state index contributed by atoms with van der Waals surface area (Å²) in [7, 11) is 2.08. The summed E-state index contributed by atoms with van der Waals surface area (Å²) in [4.78, 5) is 14.7. The maximum atomic E-state index is 10.8. The van der Waals surface area contributed by atoms with Crippen LogP contribution in [0.5, 0.6) is 0 Å². The molecule has 214 valence electrons. The molecule has 0 radical (unpaired) electrons. The van der Waals surface area contributed by atoms with Gasteiger partial charge < -0.3 is 36.2 Å². The maximum absolute atomic E-state index is 10.8. The van der Waals surface area contributed by atoms with E-state index in [9.17, 15) is 10.2 Å². The molecule has 7 rings (SSSR count). The van der Waals surface area contributed by atoms with E-state index in [0.29, 0.717) is 35.1 Å². The summed E-state index contributed by atoms with van der Waals surface area (Å²) in [6.07, 6.45) is 8.23. The lowest BCUT2D eigenvalue weighted by Crippen LogP contribution is -2.48. The van der Waals surface area contributed by atoms with E-state index in [1.54, 1.807) is 4.57 Å². The predicted molar refractivity (Wildman–Crippen MR) is 153 cm³/mol. The van der Waals surface area contributed by atoms with E-state index in [2.05, 4.69) is 62.7 Å². The van der Waals surface area contributed by atoms with Crippen LogP contribution in [-0.4, -0.2) is 78.7 Å². The van der Waals surface area contributed by atoms with E-state index in [4.69, 9.17) is 10.5 Å². The van der Waals surface area contributed by atoms with Gasteiger partial charge in [0.1, 0.15) is 30.2 Å². The first kappa shape index (κ1) is 25.9. The minimum absolute atomic E-state index is 0.268. The van der Waals surface area contributed by atoms with Crippen LogP contribution in [0, 0.1) is 5.92 Å². The maximum Gasteiger partial charge on any atom is 0.167 e. The summed E-state index contributed by atoms with van der Waals surface area (Å²) < 4.78 is 7.77. The Morgan fingerprint density at radius 3 is 2.67 bits per heavy atom. The highest BCUT2D eigenvalue weighted by atomic mass is 16.6. The molecule has 0 amide bonds. The van der Waals surface area contributed by atoms with Crippen molar-refractivity contribution in [2.24, 2.45) is 5.92 Å². The van der Waals surface area contributed by atoms with E-state index in [1.807, 2.05) is 0 Å². The molecule has 6 N–H and O–H groups in total. The van der Waals surface area contributed by atoms with Crippen LogP contribution in [0.4, 0.5) is 17.2 Å². The molecule has 4 heterocycles. The number of aliphatic hydroxyl groups excluding tert-OH is 2. The molecule has 4 aliphatic rings. The number of anilines is 3. The fraction of sp³-hybridized carbons (Fsp3) is 0.621. The number of aromatic nitrogens is 4. The van der Waals surface area contributed by atoms with Crippen molar-refractivity contribution in [3.05, 3.63) is 36.4 Å². The number of nitrogens with zero attached hydrogens (tertiary/aromatic N) is 5. The molecule has 1 aromatic carbocycles. The van der Waals surface area contributed by atoms with Crippen molar-refractivity contribution in [1.29, 1.82) is 0 Å². The zero-order chi connectivity index (χ0) is 27.6. The van der Waals surface area contributed by atoms with Crippen LogP contribution in [-0.2, 0) is 10.2 Å². The molecule has 5 atom stereocenters. The van der Waals surface area contributed by atoms with E-state index in [1.165, 1.54) is 55.3 Å². The van der Waals surface area contributed by atoms with E-state index >= 15 is 0 Å². The van der Waals surface area contributed by atoms with Crippen LogP contribution in [0.25, 0.3) is 11.2 Å². The lowest BCUT2D eigenvalue weighted by atomic mass is 9.66. The Labute approximate surface area is 234 Å². The number of hydrogen-bond donors (Lipinski definition) is 5. The van der Waals surface area contributed by atoms with Crippen molar-refractivity contribution >= 4 is 28.4 Å². The fourth-order valence-electron chi connectivity index (χ4n) is 7.01. The van der Waals surface area contributed by atoms with Crippen LogP contribution in [0.15, 0.2) is 30.9 Å². The topological polar surface area (TPSA) is 147 Å². The first-order valence-corrected chi connectivity index (χ1v) is 14.6. The molecule has 2 aliphatic carbocycles. The quantitative estimate of drug-likeness (QED) is 0.285. The molecular weight excluding hydrogens is 508 g/mol. The highest BCUT2D eigenvalue weighted by Crippen LogP contribution is 2.46. The van der Waals surface area contributed by atoms with Gasteiger partial charge in [0.05, 0.1) is 23.9 Å². The van der Waals surface area contributed by atoms with Crippen molar-refractivity contribution in [3.8, 4) is 0 Å². The molecule has 11 nitrogen and oxygen atoms in total. The second-order valence-electron chi connectivity index (χ2n) is 12.7. The number of ether oxygens (including phenoxy) is 1. The Morgan fingerprint density at radius 1 is 1.10 bits per heavy atom. The number of aliphatic hydroxyl groups is 2. The molecule has 1 unspecified atom stereocenters. The predicted octanol–water partition coefficient (Wildman–Crippen LogP) is 2.82. The van der Waals surface area contributed by atoms with Gasteiger partial charge in [-0.2, -0.15) is 0 Å². The van der Waals surface area contributed by atoms with Gasteiger partial charge >= 0.3 is 0 Å². The van der Waals surface area contributed by atoms with Gasteiger partial charge in [-0.25, -0.2) is 15.0 Å². The molecule has 1 saturated heterocycles. The number of nitrogens with one attached hydrogen (secondary N) is 2. The summed E-state index contributed by atoms with van der Waals surface area (Å²) in [5, 5.41) is 28.9. The van der Waals surface area contributed by atoms with Gasteiger partial charge in [0.25, 0.3) is 0 Å². The van der Waals surface area contributed by atoms with Gasteiger partial charge in [0.15, 0.2) is 17.7 Å². The smallest absolute Gasteiger partial charge is 0.167 e. The van der Waals surface area contributed by atoms with Gasteiger partial charge in [0.2, 0.25) is 0 Å². The lowest BCUT2D eigenvalue weighted by molar-refractivity contribution is -0.0515. The summed E-state index contributed by atoms with van der Waals surface area (Å²) >= 11 is 0. The highest BCUT2D eigenvalue weighted by Gasteiger charge is 2.46. The Morgan fingerprint density at radius 2 is 1.90 bits per heavy atom. The molecule has 2 aliphatic heterocycles. The molecule has 3 fully saturated rings. The molecule has 0 spiro atoms. The van der Waals surface area contributed by atoms with Gasteiger partial charge in [0, 0.05) is 12.6 Å². The Hall–Kier alpha value is -2.99. The van der Waals surface area contributed by atoms with Crippen LogP contribution in [0.1, 0.15) is 63.7 Å². The van der Waals surface area contributed by atoms with Crippen molar-refractivity contribution in [2.45, 2.75) is 94.0 Å². The minimum Gasteiger partial charge on any atom is -0.387 e. The van der Waals surface area contributed by atoms with Gasteiger partial charge in [-0.1, -0.05) is 19.4 Å². The Kier molecular flexibility index (Phi) is 6.38. The van der Waals surface area contributed by atoms with E-state index in [-0.39, 0.29) is 12.0 Å². The number of fused-ring (bicyclic) bond motifs is 2. The van der Waals surface area contributed by atoms with Crippen LogP contribution in [0.2, 0.25) is 0 Å². The summed E-state index contributed by atoms with van der Waals surface area (Å²) in [5.41, 5.74) is 11.1. The number of nitrogen functional groups attached to an aromatic ring is 1. The number of imidazole rings is 1. The molecule has 11 heteroatoms. The van der Waals surface area contributed by atoms with Crippen molar-refractivity contribution in [1.82, 2.24) is 24.4 Å². The largest absolute Gasteiger partial charge is 0.387 e. The van der Waals surface area contributed by atoms with Crippen molar-refractivity contribution in [2.75, 3.05) is 30.0 Å². The normalized spacial score (nSPS) is 32.4. The molecule has 0 bridgehead atoms. The lowest BCUT2D eigenvalue weighted by Gasteiger charge is -2.42. The first-order valence-electron chi connectivity index (χ1n) is 14.6. The van der Waals surface area contributed by atoms with Crippen LogP contribution in [0.3, 0.4) is 0 Å². The molecule has 3 aromatic rings. The first-order chi connectivity index (χ1) is 19.3. The summed E-state index contributed by atoms with van der Waals surface area (Å²) in [6.45, 7) is 2.92. The summed E-state index contributed by atoms with van der Waals surface area (Å²) in [6, 6.07) is 7.35. The third-order valence-corrected chi connectivity index (χ3v) is 10.00. The molecule has 40 heavy (non-hydrogen) atoms. The molecule has 2 saturated carbocycles. The molecule has 2 aromatic heterocycles. The Balaban J connectivity index is 0.884. The second kappa shape index (κ2) is 9.83. The van der Waals surface area contributed by atoms with E-state index in [0.717, 1.165) is 19.3 Å². The zero-order valence-electron chi connectivity index (χ0n) is 23.2. The van der Waals surface area contributed by atoms with Crippen LogP contribution < -0.4 is 16.4 Å². The standard InChI is InChI=1S/C29H40N8O3/c1-29(8-3-9-29)17-5-6-19-20(12-17)35-22(34-19)7-4-16-10-18(11-16)36(2)13-21-24(38)25(39)28(40-21)37-15-33-23-26(30)31-14-32-27(23)37/h5-6,12,14-16,18,21-22,24-25,28,34-35,38-39H,3-4,7-11,13H2,1-2H3,(H2,30,31,32)/t16?,18?,21-,22?,24-,25-,28-/m1/s1. The number of benzene rings is 1. The Bertz CT molecular complexity index is 1390. The average molecular weight is 549 g/mol. The third-order valence-electron chi connectivity index (χ3n) is 10.00. The number of likely N-dealkylation sites (N-methyl/N-ethyl adjacent to an activating group) is 1. The van der Waals surface area contributed by atoms with E-state index < -0.39 is 24.5 Å². The van der Waals surface area contributed by atoms with Gasteiger partial charge in [-0.05, 0) is 74.6 Å². The average Bonchev–Trinajstić information content (AvgIpc) is 3.58. The second-order valence-corrected chi connectivity index (χ2v) is 12.7. The number of rotatable bonds is 8. The highest BCUT2D eigenvalue weighted by molar-refractivity contribution is 5.81. The summed E-state index contributed by atoms with van der Waals surface area (Å²) in [5.74, 6) is 0.962. The molecular formula is C29H40N8O3. The van der Waals surface area contributed by atoms with Gasteiger partial charge in [-0.15, -0.1) is 0 Å². The van der Waals surface area contributed by atoms with Crippen LogP contribution >= 0.6 is 0 Å². The minimum atomic E-state index is -1.09. The number of hydrogen-bond acceptors (Lipinski definition) is 10. The fourth-order valence-corrected chi connectivity index (χ4v) is 7.01. The van der Waals surface area contributed by atoms with Gasteiger partial charge in [-0.3, -0.25) is 4.57 Å².